The van der Waals surface area contributed by atoms with E-state index >= 15 is 0 Å². The number of carbonyl (C=O) groups excluding carboxylic acids is 1. The lowest BCUT2D eigenvalue weighted by atomic mass is 10.3. The molecule has 1 atom stereocenters. The van der Waals surface area contributed by atoms with Crippen LogP contribution in [-0.2, 0) is 9.53 Å². The minimum absolute atomic E-state index is 0.274. The van der Waals surface area contributed by atoms with Crippen LogP contribution in [0, 0.1) is 5.92 Å². The van der Waals surface area contributed by atoms with Crippen molar-refractivity contribution in [1.29, 1.82) is 0 Å². The van der Waals surface area contributed by atoms with Crippen LogP contribution in [0.3, 0.4) is 0 Å². The first-order chi connectivity index (χ1) is 6.66. The summed E-state index contributed by atoms with van der Waals surface area (Å²) in [5.74, 6) is 0.715. The van der Waals surface area contributed by atoms with Crippen molar-refractivity contribution in [3.8, 4) is 0 Å². The smallest absolute Gasteiger partial charge is 0.225 e. The van der Waals surface area contributed by atoms with Gasteiger partial charge in [-0.1, -0.05) is 0 Å². The second-order valence-corrected chi connectivity index (χ2v) is 4.65. The fourth-order valence-electron chi connectivity index (χ4n) is 2.01. The largest absolute Gasteiger partial charge is 0.374 e. The van der Waals surface area contributed by atoms with Crippen LogP contribution in [-0.4, -0.2) is 36.1 Å². The summed E-state index contributed by atoms with van der Waals surface area (Å²) in [6, 6.07) is 0. The average molecular weight is 197 g/mol. The van der Waals surface area contributed by atoms with Gasteiger partial charge in [0.15, 0.2) is 0 Å². The third-order valence-corrected chi connectivity index (χ3v) is 2.85. The van der Waals surface area contributed by atoms with Crippen LogP contribution in [0.4, 0.5) is 0 Å². The zero-order valence-corrected chi connectivity index (χ0v) is 9.03. The maximum Gasteiger partial charge on any atom is 0.225 e. The molecule has 0 spiro atoms. The Labute approximate surface area is 85.4 Å². The van der Waals surface area contributed by atoms with Crippen LogP contribution in [0.1, 0.15) is 33.1 Å². The van der Waals surface area contributed by atoms with Crippen LogP contribution in [0.25, 0.3) is 0 Å². The molecule has 3 heteroatoms. The summed E-state index contributed by atoms with van der Waals surface area (Å²) in [6.45, 7) is 5.80. The molecule has 80 valence electrons. The van der Waals surface area contributed by atoms with Crippen LogP contribution in [0.15, 0.2) is 0 Å². The van der Waals surface area contributed by atoms with Gasteiger partial charge < -0.3 is 9.64 Å². The van der Waals surface area contributed by atoms with E-state index in [2.05, 4.69) is 0 Å². The van der Waals surface area contributed by atoms with E-state index in [1.165, 1.54) is 0 Å². The van der Waals surface area contributed by atoms with Crippen molar-refractivity contribution < 1.29 is 9.53 Å². The molecule has 2 rings (SSSR count). The topological polar surface area (TPSA) is 29.5 Å². The molecule has 2 aliphatic rings. The first kappa shape index (κ1) is 9.97. The van der Waals surface area contributed by atoms with Crippen molar-refractivity contribution in [3.63, 3.8) is 0 Å². The molecule has 2 fully saturated rings. The Hall–Kier alpha value is -0.570. The zero-order chi connectivity index (χ0) is 10.1. The molecule has 1 saturated heterocycles. The predicted octanol–water partition coefficient (Wildman–Crippen LogP) is 1.42. The van der Waals surface area contributed by atoms with E-state index in [4.69, 9.17) is 4.74 Å². The summed E-state index contributed by atoms with van der Waals surface area (Å²) < 4.78 is 5.70. The molecule has 0 N–H and O–H groups in total. The number of likely N-dealkylation sites (tertiary alicyclic amines) is 1. The standard InChI is InChI=1S/C11H19NO2/c1-8(2)14-10-5-6-12(7-10)11(13)9-3-4-9/h8-10H,3-7H2,1-2H3. The van der Waals surface area contributed by atoms with Gasteiger partial charge in [0.1, 0.15) is 0 Å². The molecule has 3 nitrogen and oxygen atoms in total. The number of ether oxygens (including phenoxy) is 1. The predicted molar refractivity (Wildman–Crippen MR) is 53.9 cm³/mol. The summed E-state index contributed by atoms with van der Waals surface area (Å²) in [5, 5.41) is 0. The van der Waals surface area contributed by atoms with E-state index in [0.717, 1.165) is 32.4 Å². The number of nitrogens with zero attached hydrogens (tertiary/aromatic N) is 1. The number of hydrogen-bond donors (Lipinski definition) is 0. The molecule has 0 aromatic rings. The highest BCUT2D eigenvalue weighted by Crippen LogP contribution is 2.32. The highest BCUT2D eigenvalue weighted by atomic mass is 16.5. The maximum absolute atomic E-state index is 11.7. The fourth-order valence-corrected chi connectivity index (χ4v) is 2.01. The minimum atomic E-state index is 0.274. The zero-order valence-electron chi connectivity index (χ0n) is 9.03. The monoisotopic (exact) mass is 197 g/mol. The van der Waals surface area contributed by atoms with E-state index in [1.54, 1.807) is 0 Å². The normalized spacial score (nSPS) is 27.4. The van der Waals surface area contributed by atoms with Crippen LogP contribution in [0.5, 0.6) is 0 Å². The Kier molecular flexibility index (Phi) is 2.77. The fraction of sp³-hybridized carbons (Fsp3) is 0.909. The van der Waals surface area contributed by atoms with Gasteiger partial charge in [-0.25, -0.2) is 0 Å². The first-order valence-corrected chi connectivity index (χ1v) is 5.61. The van der Waals surface area contributed by atoms with Crippen LogP contribution >= 0.6 is 0 Å². The SMILES string of the molecule is CC(C)OC1CCN(C(=O)C2CC2)C1. The lowest BCUT2D eigenvalue weighted by Crippen LogP contribution is -2.31. The lowest BCUT2D eigenvalue weighted by Gasteiger charge is -2.17. The van der Waals surface area contributed by atoms with Crippen molar-refractivity contribution in [2.24, 2.45) is 5.92 Å². The summed E-state index contributed by atoms with van der Waals surface area (Å²) in [7, 11) is 0. The molecular formula is C11H19NO2. The highest BCUT2D eigenvalue weighted by Gasteiger charge is 2.36. The quantitative estimate of drug-likeness (QED) is 0.685. The molecule has 1 heterocycles. The van der Waals surface area contributed by atoms with E-state index in [-0.39, 0.29) is 12.2 Å². The summed E-state index contributed by atoms with van der Waals surface area (Å²) in [6.07, 6.45) is 3.76. The Morgan fingerprint density at radius 2 is 2.07 bits per heavy atom. The molecule has 1 aliphatic carbocycles. The third-order valence-electron chi connectivity index (χ3n) is 2.85. The average Bonchev–Trinajstić information content (AvgIpc) is 2.86. The van der Waals surface area contributed by atoms with E-state index in [0.29, 0.717) is 11.8 Å². The lowest BCUT2D eigenvalue weighted by molar-refractivity contribution is -0.132. The molecule has 1 saturated carbocycles. The third kappa shape index (κ3) is 2.27. The van der Waals surface area contributed by atoms with Gasteiger partial charge in [-0.15, -0.1) is 0 Å². The first-order valence-electron chi connectivity index (χ1n) is 5.61. The number of hydrogen-bond acceptors (Lipinski definition) is 2. The number of amides is 1. The van der Waals surface area contributed by atoms with Crippen molar-refractivity contribution in [2.45, 2.75) is 45.3 Å². The molecule has 0 aromatic carbocycles. The Morgan fingerprint density at radius 1 is 1.36 bits per heavy atom. The van der Waals surface area contributed by atoms with Gasteiger partial charge in [0.05, 0.1) is 12.2 Å². The Morgan fingerprint density at radius 3 is 2.64 bits per heavy atom. The molecule has 1 aliphatic heterocycles. The number of carbonyl (C=O) groups is 1. The van der Waals surface area contributed by atoms with Gasteiger partial charge in [0, 0.05) is 19.0 Å². The van der Waals surface area contributed by atoms with Gasteiger partial charge >= 0.3 is 0 Å². The van der Waals surface area contributed by atoms with Crippen molar-refractivity contribution in [1.82, 2.24) is 4.90 Å². The van der Waals surface area contributed by atoms with Crippen molar-refractivity contribution >= 4 is 5.91 Å². The van der Waals surface area contributed by atoms with Gasteiger partial charge in [-0.2, -0.15) is 0 Å². The number of rotatable bonds is 3. The highest BCUT2D eigenvalue weighted by molar-refractivity contribution is 5.81. The van der Waals surface area contributed by atoms with Gasteiger partial charge in [0.25, 0.3) is 0 Å². The second kappa shape index (κ2) is 3.89. The van der Waals surface area contributed by atoms with Crippen LogP contribution < -0.4 is 0 Å². The van der Waals surface area contributed by atoms with Crippen LogP contribution in [0.2, 0.25) is 0 Å². The Bertz CT molecular complexity index is 223. The maximum atomic E-state index is 11.7. The molecular weight excluding hydrogens is 178 g/mol. The molecule has 14 heavy (non-hydrogen) atoms. The van der Waals surface area contributed by atoms with Gasteiger partial charge in [0.2, 0.25) is 5.91 Å². The van der Waals surface area contributed by atoms with Crippen molar-refractivity contribution in [2.75, 3.05) is 13.1 Å². The molecule has 1 unspecified atom stereocenters. The van der Waals surface area contributed by atoms with E-state index in [1.807, 2.05) is 18.7 Å². The van der Waals surface area contributed by atoms with Gasteiger partial charge in [-0.3, -0.25) is 4.79 Å². The van der Waals surface area contributed by atoms with Gasteiger partial charge in [-0.05, 0) is 33.1 Å². The van der Waals surface area contributed by atoms with E-state index < -0.39 is 0 Å². The second-order valence-electron chi connectivity index (χ2n) is 4.65. The summed E-state index contributed by atoms with van der Waals surface area (Å²) >= 11 is 0. The minimum Gasteiger partial charge on any atom is -0.374 e. The summed E-state index contributed by atoms with van der Waals surface area (Å²) in [4.78, 5) is 13.7. The molecule has 0 bridgehead atoms. The molecule has 1 amide bonds. The Balaban J connectivity index is 1.78. The molecule has 0 radical (unpaired) electrons. The molecule has 0 aromatic heterocycles. The van der Waals surface area contributed by atoms with Crippen molar-refractivity contribution in [3.05, 3.63) is 0 Å². The van der Waals surface area contributed by atoms with E-state index in [9.17, 15) is 4.79 Å². The summed E-state index contributed by atoms with van der Waals surface area (Å²) in [5.41, 5.74) is 0.